The molecular formula is C14H34O2Si2. The minimum atomic E-state index is -1.60. The van der Waals surface area contributed by atoms with E-state index < -0.39 is 16.6 Å². The van der Waals surface area contributed by atoms with Crippen LogP contribution in [0.15, 0.2) is 0 Å². The minimum Gasteiger partial charge on any atom is -0.415 e. The first-order chi connectivity index (χ1) is 8.14. The van der Waals surface area contributed by atoms with Crippen molar-refractivity contribution in [3.63, 3.8) is 0 Å². The van der Waals surface area contributed by atoms with E-state index in [1.165, 1.54) is 18.1 Å². The van der Waals surface area contributed by atoms with Crippen LogP contribution in [0.3, 0.4) is 0 Å². The third-order valence-corrected chi connectivity index (χ3v) is 13.9. The molecule has 0 saturated carbocycles. The Morgan fingerprint density at radius 3 is 1.50 bits per heavy atom. The summed E-state index contributed by atoms with van der Waals surface area (Å²) in [5.74, 6) is 0. The molecule has 0 aromatic rings. The van der Waals surface area contributed by atoms with Gasteiger partial charge in [0.15, 0.2) is 16.6 Å². The van der Waals surface area contributed by atoms with E-state index in [4.69, 9.17) is 8.85 Å². The van der Waals surface area contributed by atoms with Gasteiger partial charge in [0, 0.05) is 0 Å². The van der Waals surface area contributed by atoms with Gasteiger partial charge in [-0.05, 0) is 36.3 Å². The molecule has 18 heavy (non-hydrogen) atoms. The fourth-order valence-corrected chi connectivity index (χ4v) is 5.48. The van der Waals surface area contributed by atoms with Gasteiger partial charge in [-0.1, -0.05) is 41.5 Å². The molecule has 0 atom stereocenters. The molecule has 0 N–H and O–H groups in total. The third-order valence-electron chi connectivity index (χ3n) is 4.69. The van der Waals surface area contributed by atoms with Crippen LogP contribution in [0.5, 0.6) is 0 Å². The molecule has 0 fully saturated rings. The smallest absolute Gasteiger partial charge is 0.192 e. The standard InChI is InChI=1S/C14H34O2Si2/c1-9-18(10-2,11-3)16-13-12-15-17(7,8)14(4,5)6/h9-13H2,1-8H3. The van der Waals surface area contributed by atoms with Crippen LogP contribution in [0.25, 0.3) is 0 Å². The monoisotopic (exact) mass is 290 g/mol. The first-order valence-corrected chi connectivity index (χ1v) is 12.9. The van der Waals surface area contributed by atoms with Crippen molar-refractivity contribution in [1.82, 2.24) is 0 Å². The molecular weight excluding hydrogens is 256 g/mol. The summed E-state index contributed by atoms with van der Waals surface area (Å²) in [5, 5.41) is 0.293. The zero-order valence-corrected chi connectivity index (χ0v) is 15.9. The lowest BCUT2D eigenvalue weighted by molar-refractivity contribution is 0.195. The van der Waals surface area contributed by atoms with Gasteiger partial charge in [0.05, 0.1) is 13.2 Å². The van der Waals surface area contributed by atoms with Crippen LogP contribution in [0.2, 0.25) is 36.3 Å². The van der Waals surface area contributed by atoms with E-state index in [2.05, 4.69) is 54.6 Å². The molecule has 0 heterocycles. The fourth-order valence-electron chi connectivity index (χ4n) is 1.83. The van der Waals surface area contributed by atoms with Gasteiger partial charge in [-0.15, -0.1) is 0 Å². The van der Waals surface area contributed by atoms with Crippen LogP contribution < -0.4 is 0 Å². The molecule has 110 valence electrons. The topological polar surface area (TPSA) is 18.5 Å². The van der Waals surface area contributed by atoms with E-state index >= 15 is 0 Å². The zero-order valence-electron chi connectivity index (χ0n) is 13.9. The van der Waals surface area contributed by atoms with Crippen LogP contribution in [-0.2, 0) is 8.85 Å². The second-order valence-electron chi connectivity index (χ2n) is 6.70. The molecule has 0 bridgehead atoms. The normalized spacial score (nSPS) is 14.0. The van der Waals surface area contributed by atoms with E-state index in [1.807, 2.05) is 0 Å². The molecule has 0 spiro atoms. The molecule has 0 rings (SSSR count). The second kappa shape index (κ2) is 7.22. The number of hydrogen-bond donors (Lipinski definition) is 0. The van der Waals surface area contributed by atoms with Crippen molar-refractivity contribution in [2.24, 2.45) is 0 Å². The summed E-state index contributed by atoms with van der Waals surface area (Å²) in [4.78, 5) is 0. The molecule has 0 unspecified atom stereocenters. The van der Waals surface area contributed by atoms with Gasteiger partial charge in [-0.2, -0.15) is 0 Å². The van der Waals surface area contributed by atoms with E-state index in [9.17, 15) is 0 Å². The Hall–Kier alpha value is 0.354. The average molecular weight is 291 g/mol. The molecule has 0 amide bonds. The van der Waals surface area contributed by atoms with Crippen molar-refractivity contribution in [3.8, 4) is 0 Å². The fraction of sp³-hybridized carbons (Fsp3) is 1.00. The Kier molecular flexibility index (Phi) is 7.36. The van der Waals surface area contributed by atoms with Crippen molar-refractivity contribution in [2.75, 3.05) is 13.2 Å². The predicted molar refractivity (Wildman–Crippen MR) is 86.3 cm³/mol. The molecule has 2 nitrogen and oxygen atoms in total. The van der Waals surface area contributed by atoms with Crippen molar-refractivity contribution in [2.45, 2.75) is 77.8 Å². The molecule has 0 saturated heterocycles. The van der Waals surface area contributed by atoms with Crippen molar-refractivity contribution in [1.29, 1.82) is 0 Å². The van der Waals surface area contributed by atoms with Crippen LogP contribution in [0, 0.1) is 0 Å². The predicted octanol–water partition coefficient (Wildman–Crippen LogP) is 5.03. The first-order valence-electron chi connectivity index (χ1n) is 7.42. The molecule has 0 aromatic heterocycles. The maximum absolute atomic E-state index is 6.22. The largest absolute Gasteiger partial charge is 0.415 e. The Morgan fingerprint density at radius 1 is 0.778 bits per heavy atom. The Bertz CT molecular complexity index is 218. The van der Waals surface area contributed by atoms with Crippen molar-refractivity contribution in [3.05, 3.63) is 0 Å². The summed E-state index contributed by atoms with van der Waals surface area (Å²) >= 11 is 0. The zero-order chi connectivity index (χ0) is 14.4. The van der Waals surface area contributed by atoms with Crippen LogP contribution in [-0.4, -0.2) is 29.8 Å². The highest BCUT2D eigenvalue weighted by molar-refractivity contribution is 6.74. The summed E-state index contributed by atoms with van der Waals surface area (Å²) in [5.41, 5.74) is 0. The van der Waals surface area contributed by atoms with E-state index in [1.54, 1.807) is 0 Å². The highest BCUT2D eigenvalue weighted by Crippen LogP contribution is 2.36. The summed E-state index contributed by atoms with van der Waals surface area (Å²) in [6.45, 7) is 19.8. The number of rotatable bonds is 8. The molecule has 0 aliphatic heterocycles. The summed E-state index contributed by atoms with van der Waals surface area (Å²) < 4.78 is 12.4. The Morgan fingerprint density at radius 2 is 1.17 bits per heavy atom. The Labute approximate surface area is 117 Å². The maximum Gasteiger partial charge on any atom is 0.192 e. The van der Waals surface area contributed by atoms with Crippen LogP contribution in [0.4, 0.5) is 0 Å². The molecule has 0 radical (unpaired) electrons. The van der Waals surface area contributed by atoms with E-state index in [-0.39, 0.29) is 0 Å². The Balaban J connectivity index is 4.14. The SMILES string of the molecule is CC[Si](CC)(CC)OCCO[Si](C)(C)C(C)(C)C. The highest BCUT2D eigenvalue weighted by atomic mass is 28.4. The summed E-state index contributed by atoms with van der Waals surface area (Å²) in [7, 11) is -3.02. The van der Waals surface area contributed by atoms with E-state index in [0.29, 0.717) is 5.04 Å². The van der Waals surface area contributed by atoms with Gasteiger partial charge < -0.3 is 8.85 Å². The summed E-state index contributed by atoms with van der Waals surface area (Å²) in [6.07, 6.45) is 0. The maximum atomic E-state index is 6.22. The lowest BCUT2D eigenvalue weighted by Crippen LogP contribution is -2.43. The van der Waals surface area contributed by atoms with E-state index in [0.717, 1.165) is 13.2 Å². The first kappa shape index (κ1) is 18.4. The summed E-state index contributed by atoms with van der Waals surface area (Å²) in [6, 6.07) is 3.67. The quantitative estimate of drug-likeness (QED) is 0.461. The van der Waals surface area contributed by atoms with Crippen LogP contribution in [0.1, 0.15) is 41.5 Å². The van der Waals surface area contributed by atoms with Crippen molar-refractivity contribution < 1.29 is 8.85 Å². The average Bonchev–Trinajstić information content (AvgIpc) is 2.29. The van der Waals surface area contributed by atoms with Gasteiger partial charge >= 0.3 is 0 Å². The second-order valence-corrected chi connectivity index (χ2v) is 16.3. The van der Waals surface area contributed by atoms with Gasteiger partial charge in [0.25, 0.3) is 0 Å². The lowest BCUT2D eigenvalue weighted by Gasteiger charge is -2.36. The third kappa shape index (κ3) is 5.15. The molecule has 0 aliphatic carbocycles. The molecule has 0 aliphatic rings. The lowest BCUT2D eigenvalue weighted by atomic mass is 10.2. The van der Waals surface area contributed by atoms with Gasteiger partial charge in [0.1, 0.15) is 0 Å². The van der Waals surface area contributed by atoms with Crippen LogP contribution >= 0.6 is 0 Å². The van der Waals surface area contributed by atoms with Gasteiger partial charge in [0.2, 0.25) is 0 Å². The number of hydrogen-bond acceptors (Lipinski definition) is 2. The molecule has 4 heteroatoms. The minimum absolute atomic E-state index is 0.293. The van der Waals surface area contributed by atoms with Gasteiger partial charge in [-0.25, -0.2) is 0 Å². The van der Waals surface area contributed by atoms with Gasteiger partial charge in [-0.3, -0.25) is 0 Å². The van der Waals surface area contributed by atoms with Crippen molar-refractivity contribution >= 4 is 16.6 Å². The molecule has 0 aromatic carbocycles. The highest BCUT2D eigenvalue weighted by Gasteiger charge is 2.37.